The van der Waals surface area contributed by atoms with Crippen LogP contribution in [0.2, 0.25) is 0 Å². The fourth-order valence-electron chi connectivity index (χ4n) is 2.60. The molecule has 0 unspecified atom stereocenters. The van der Waals surface area contributed by atoms with Crippen LogP contribution in [-0.4, -0.2) is 22.8 Å². The van der Waals surface area contributed by atoms with E-state index in [1.165, 1.54) is 17.3 Å². The molecular weight excluding hydrogens is 266 g/mol. The molecule has 0 amide bonds. The summed E-state index contributed by atoms with van der Waals surface area (Å²) < 4.78 is 0. The van der Waals surface area contributed by atoms with Crippen LogP contribution in [0.25, 0.3) is 0 Å². The van der Waals surface area contributed by atoms with Crippen molar-refractivity contribution >= 4 is 17.2 Å². The summed E-state index contributed by atoms with van der Waals surface area (Å²) in [5.74, 6) is 0.000603. The van der Waals surface area contributed by atoms with Crippen LogP contribution in [0.3, 0.4) is 0 Å². The second kappa shape index (κ2) is 5.06. The van der Waals surface area contributed by atoms with Gasteiger partial charge in [-0.15, -0.1) is 0 Å². The molecule has 0 aliphatic carbocycles. The summed E-state index contributed by atoms with van der Waals surface area (Å²) in [6.45, 7) is 1.84. The van der Waals surface area contributed by atoms with Gasteiger partial charge in [0.25, 0.3) is 5.56 Å². The Bertz CT molecular complexity index is 765. The third kappa shape index (κ3) is 2.53. The SMILES string of the molecule is CN1Cc2ccc(NC(=N)c3c(N)cc[nH]c3=O)cc2C1. The van der Waals surface area contributed by atoms with E-state index < -0.39 is 0 Å². The first-order chi connectivity index (χ1) is 10.0. The van der Waals surface area contributed by atoms with Crippen LogP contribution in [0.4, 0.5) is 11.4 Å². The molecule has 1 aliphatic heterocycles. The number of hydrogen-bond acceptors (Lipinski definition) is 4. The van der Waals surface area contributed by atoms with E-state index in [4.69, 9.17) is 11.1 Å². The highest BCUT2D eigenvalue weighted by atomic mass is 16.1. The second-order valence-electron chi connectivity index (χ2n) is 5.29. The van der Waals surface area contributed by atoms with Crippen molar-refractivity contribution in [3.8, 4) is 0 Å². The van der Waals surface area contributed by atoms with Gasteiger partial charge in [-0.2, -0.15) is 0 Å². The Morgan fingerprint density at radius 2 is 2.10 bits per heavy atom. The molecule has 6 nitrogen and oxygen atoms in total. The van der Waals surface area contributed by atoms with Gasteiger partial charge in [0.05, 0.1) is 0 Å². The first kappa shape index (κ1) is 13.4. The average Bonchev–Trinajstić information content (AvgIpc) is 2.77. The molecule has 6 heteroatoms. The van der Waals surface area contributed by atoms with E-state index in [1.54, 1.807) is 6.07 Å². The van der Waals surface area contributed by atoms with Crippen molar-refractivity contribution in [2.45, 2.75) is 13.1 Å². The summed E-state index contributed by atoms with van der Waals surface area (Å²) in [5, 5.41) is 11.0. The van der Waals surface area contributed by atoms with Crippen LogP contribution in [0.1, 0.15) is 16.7 Å². The highest BCUT2D eigenvalue weighted by Gasteiger charge is 2.16. The molecule has 0 saturated heterocycles. The lowest BCUT2D eigenvalue weighted by atomic mass is 10.1. The van der Waals surface area contributed by atoms with E-state index in [1.807, 2.05) is 18.2 Å². The van der Waals surface area contributed by atoms with Crippen molar-refractivity contribution in [1.82, 2.24) is 9.88 Å². The number of amidine groups is 1. The molecule has 0 spiro atoms. The molecule has 2 aromatic rings. The minimum Gasteiger partial charge on any atom is -0.398 e. The quantitative estimate of drug-likeness (QED) is 0.494. The van der Waals surface area contributed by atoms with Crippen molar-refractivity contribution in [2.75, 3.05) is 18.1 Å². The van der Waals surface area contributed by atoms with Crippen LogP contribution in [0.5, 0.6) is 0 Å². The molecule has 108 valence electrons. The number of H-pyrrole nitrogens is 1. The summed E-state index contributed by atoms with van der Waals surface area (Å²) in [5.41, 5.74) is 9.19. The largest absolute Gasteiger partial charge is 0.398 e. The molecule has 0 bridgehead atoms. The number of nitrogens with zero attached hydrogens (tertiary/aromatic N) is 1. The summed E-state index contributed by atoms with van der Waals surface area (Å²) in [6, 6.07) is 7.55. The number of nitrogens with one attached hydrogen (secondary N) is 3. The Morgan fingerprint density at radius 1 is 1.33 bits per heavy atom. The van der Waals surface area contributed by atoms with Gasteiger partial charge in [0.15, 0.2) is 0 Å². The van der Waals surface area contributed by atoms with Crippen LogP contribution >= 0.6 is 0 Å². The molecule has 1 aliphatic rings. The number of pyridine rings is 1. The highest BCUT2D eigenvalue weighted by molar-refractivity contribution is 6.09. The monoisotopic (exact) mass is 283 g/mol. The van der Waals surface area contributed by atoms with Gasteiger partial charge in [0.1, 0.15) is 11.4 Å². The maximum absolute atomic E-state index is 11.8. The van der Waals surface area contributed by atoms with Gasteiger partial charge in [0.2, 0.25) is 0 Å². The zero-order chi connectivity index (χ0) is 15.0. The number of aromatic amines is 1. The maximum atomic E-state index is 11.8. The molecule has 0 atom stereocenters. The first-order valence-electron chi connectivity index (χ1n) is 6.68. The van der Waals surface area contributed by atoms with Crippen molar-refractivity contribution < 1.29 is 0 Å². The number of aromatic nitrogens is 1. The fraction of sp³-hybridized carbons (Fsp3) is 0.200. The van der Waals surface area contributed by atoms with E-state index in [-0.39, 0.29) is 22.6 Å². The summed E-state index contributed by atoms with van der Waals surface area (Å²) in [7, 11) is 2.07. The van der Waals surface area contributed by atoms with Gasteiger partial charge in [-0.1, -0.05) is 6.07 Å². The smallest absolute Gasteiger partial charge is 0.261 e. The van der Waals surface area contributed by atoms with Gasteiger partial charge in [-0.05, 0) is 36.4 Å². The Kier molecular flexibility index (Phi) is 3.23. The Labute approximate surface area is 122 Å². The Balaban J connectivity index is 1.86. The van der Waals surface area contributed by atoms with Gasteiger partial charge >= 0.3 is 0 Å². The molecular formula is C15H17N5O. The van der Waals surface area contributed by atoms with Crippen molar-refractivity contribution in [2.24, 2.45) is 0 Å². The zero-order valence-electron chi connectivity index (χ0n) is 11.7. The van der Waals surface area contributed by atoms with Gasteiger partial charge in [-0.3, -0.25) is 15.1 Å². The van der Waals surface area contributed by atoms with Crippen LogP contribution < -0.4 is 16.6 Å². The second-order valence-corrected chi connectivity index (χ2v) is 5.29. The van der Waals surface area contributed by atoms with Crippen LogP contribution in [0.15, 0.2) is 35.3 Å². The predicted octanol–water partition coefficient (Wildman–Crippen LogP) is 1.34. The lowest BCUT2D eigenvalue weighted by Crippen LogP contribution is -2.24. The number of hydrogen-bond donors (Lipinski definition) is 4. The summed E-state index contributed by atoms with van der Waals surface area (Å²) >= 11 is 0. The van der Waals surface area contributed by atoms with E-state index in [2.05, 4.69) is 22.2 Å². The number of fused-ring (bicyclic) bond motifs is 1. The topological polar surface area (TPSA) is 98.0 Å². The van der Waals surface area contributed by atoms with Gasteiger partial charge in [0, 0.05) is 30.7 Å². The summed E-state index contributed by atoms with van der Waals surface area (Å²) in [6.07, 6.45) is 1.47. The predicted molar refractivity (Wildman–Crippen MR) is 83.5 cm³/mol. The number of benzene rings is 1. The van der Waals surface area contributed by atoms with Gasteiger partial charge < -0.3 is 16.0 Å². The average molecular weight is 283 g/mol. The van der Waals surface area contributed by atoms with E-state index in [9.17, 15) is 4.79 Å². The Morgan fingerprint density at radius 3 is 2.86 bits per heavy atom. The molecule has 3 rings (SSSR count). The molecule has 1 aromatic heterocycles. The van der Waals surface area contributed by atoms with Crippen molar-refractivity contribution in [1.29, 1.82) is 5.41 Å². The molecule has 1 aromatic carbocycles. The van der Waals surface area contributed by atoms with Crippen molar-refractivity contribution in [3.05, 3.63) is 57.5 Å². The lowest BCUT2D eigenvalue weighted by molar-refractivity contribution is 0.353. The van der Waals surface area contributed by atoms with Gasteiger partial charge in [-0.25, -0.2) is 0 Å². The fourth-order valence-corrected chi connectivity index (χ4v) is 2.60. The maximum Gasteiger partial charge on any atom is 0.261 e. The normalized spacial score (nSPS) is 14.0. The molecule has 21 heavy (non-hydrogen) atoms. The number of nitrogen functional groups attached to an aromatic ring is 1. The molecule has 5 N–H and O–H groups in total. The third-order valence-electron chi connectivity index (χ3n) is 3.60. The third-order valence-corrected chi connectivity index (χ3v) is 3.60. The lowest BCUT2D eigenvalue weighted by Gasteiger charge is -2.10. The van der Waals surface area contributed by atoms with E-state index in [0.717, 1.165) is 18.8 Å². The first-order valence-corrected chi connectivity index (χ1v) is 6.68. The molecule has 0 radical (unpaired) electrons. The Hall–Kier alpha value is -2.60. The zero-order valence-corrected chi connectivity index (χ0v) is 11.7. The minimum absolute atomic E-state index is 0.000603. The molecule has 2 heterocycles. The number of rotatable bonds is 2. The van der Waals surface area contributed by atoms with E-state index >= 15 is 0 Å². The van der Waals surface area contributed by atoms with Crippen LogP contribution in [-0.2, 0) is 13.1 Å². The minimum atomic E-state index is -0.367. The van der Waals surface area contributed by atoms with Crippen LogP contribution in [0, 0.1) is 5.41 Å². The van der Waals surface area contributed by atoms with Crippen molar-refractivity contribution in [3.63, 3.8) is 0 Å². The number of nitrogens with two attached hydrogens (primary N) is 1. The molecule has 0 fully saturated rings. The summed E-state index contributed by atoms with van der Waals surface area (Å²) in [4.78, 5) is 16.5. The highest BCUT2D eigenvalue weighted by Crippen LogP contribution is 2.24. The van der Waals surface area contributed by atoms with E-state index in [0.29, 0.717) is 0 Å². The number of anilines is 2. The standard InChI is InChI=1S/C15H17N5O/c1-20-7-9-2-3-11(6-10(9)8-20)19-14(17)13-12(16)4-5-18-15(13)21/h2-6H,7-8H2,1H3,(H2,17,19)(H3,16,18,21). The molecule has 0 saturated carbocycles.